The molecule has 2 nitrogen and oxygen atoms in total. The summed E-state index contributed by atoms with van der Waals surface area (Å²) in [5.74, 6) is 0. The van der Waals surface area contributed by atoms with Crippen molar-refractivity contribution in [2.24, 2.45) is 0 Å². The van der Waals surface area contributed by atoms with Crippen molar-refractivity contribution in [3.8, 4) is 0 Å². The molecule has 1 N–H and O–H groups in total. The number of nitrogens with zero attached hydrogens (tertiary/aromatic N) is 1. The second-order valence-electron chi connectivity index (χ2n) is 5.85. The molecule has 2 heteroatoms. The van der Waals surface area contributed by atoms with Gasteiger partial charge in [-0.1, -0.05) is 30.3 Å². The predicted molar refractivity (Wildman–Crippen MR) is 83.5 cm³/mol. The summed E-state index contributed by atoms with van der Waals surface area (Å²) in [6.07, 6.45) is 3.85. The third-order valence-corrected chi connectivity index (χ3v) is 4.31. The minimum Gasteiger partial charge on any atom is -0.341 e. The Balaban J connectivity index is 1.51. The lowest BCUT2D eigenvalue weighted by atomic mass is 10.1. The highest BCUT2D eigenvalue weighted by Gasteiger charge is 2.21. The number of fused-ring (bicyclic) bond motifs is 1. The van der Waals surface area contributed by atoms with Gasteiger partial charge in [-0.25, -0.2) is 0 Å². The van der Waals surface area contributed by atoms with Crippen molar-refractivity contribution in [3.05, 3.63) is 59.7 Å². The Morgan fingerprint density at radius 1 is 1.00 bits per heavy atom. The van der Waals surface area contributed by atoms with Crippen LogP contribution in [0.5, 0.6) is 0 Å². The van der Waals surface area contributed by atoms with E-state index in [4.69, 9.17) is 0 Å². The number of hydrogen-bond acceptors (Lipinski definition) is 2. The summed E-state index contributed by atoms with van der Waals surface area (Å²) in [5.41, 5.74) is 5.53. The monoisotopic (exact) mass is 264 g/mol. The van der Waals surface area contributed by atoms with E-state index in [2.05, 4.69) is 58.7 Å². The van der Waals surface area contributed by atoms with Crippen LogP contribution in [0.15, 0.2) is 48.5 Å². The van der Waals surface area contributed by atoms with Gasteiger partial charge in [0.2, 0.25) is 0 Å². The van der Waals surface area contributed by atoms with Gasteiger partial charge in [-0.3, -0.25) is 0 Å². The normalized spacial score (nSPS) is 17.3. The molecule has 0 aromatic heterocycles. The predicted octanol–water partition coefficient (Wildman–Crippen LogP) is 3.63. The van der Waals surface area contributed by atoms with Crippen molar-refractivity contribution in [1.82, 2.24) is 5.32 Å². The highest BCUT2D eigenvalue weighted by molar-refractivity contribution is 5.69. The summed E-state index contributed by atoms with van der Waals surface area (Å²) >= 11 is 0. The summed E-state index contributed by atoms with van der Waals surface area (Å²) in [6, 6.07) is 18.5. The molecule has 2 aromatic rings. The van der Waals surface area contributed by atoms with Gasteiger partial charge in [-0.05, 0) is 48.6 Å². The van der Waals surface area contributed by atoms with Gasteiger partial charge >= 0.3 is 0 Å². The van der Waals surface area contributed by atoms with Crippen LogP contribution >= 0.6 is 0 Å². The molecule has 2 aromatic carbocycles. The highest BCUT2D eigenvalue weighted by atomic mass is 15.2. The zero-order valence-corrected chi connectivity index (χ0v) is 11.7. The SMILES string of the molecule is c1ccc2c(c1)CCN2c1ccc(CNC2CC2)cc1. The number of benzene rings is 2. The van der Waals surface area contributed by atoms with E-state index in [-0.39, 0.29) is 0 Å². The third-order valence-electron chi connectivity index (χ3n) is 4.31. The van der Waals surface area contributed by atoms with Crippen LogP contribution in [0, 0.1) is 0 Å². The maximum atomic E-state index is 3.56. The molecular formula is C18H20N2. The van der Waals surface area contributed by atoms with Crippen LogP contribution in [-0.4, -0.2) is 12.6 Å². The lowest BCUT2D eigenvalue weighted by molar-refractivity contribution is 0.688. The van der Waals surface area contributed by atoms with E-state index < -0.39 is 0 Å². The second-order valence-corrected chi connectivity index (χ2v) is 5.85. The largest absolute Gasteiger partial charge is 0.341 e. The van der Waals surface area contributed by atoms with Crippen molar-refractivity contribution < 1.29 is 0 Å². The molecule has 0 bridgehead atoms. The first-order valence-electron chi connectivity index (χ1n) is 7.58. The molecule has 0 radical (unpaired) electrons. The maximum absolute atomic E-state index is 3.56. The fraction of sp³-hybridized carbons (Fsp3) is 0.333. The quantitative estimate of drug-likeness (QED) is 0.907. The molecule has 1 aliphatic heterocycles. The first-order valence-corrected chi connectivity index (χ1v) is 7.58. The standard InChI is InChI=1S/C18H20N2/c1-2-4-18-15(3-1)11-12-20(18)17-9-5-14(6-10-17)13-19-16-7-8-16/h1-6,9-10,16,19H,7-8,11-13H2. The van der Waals surface area contributed by atoms with Crippen LogP contribution in [-0.2, 0) is 13.0 Å². The molecule has 0 saturated heterocycles. The van der Waals surface area contributed by atoms with Crippen LogP contribution < -0.4 is 10.2 Å². The third kappa shape index (κ3) is 2.32. The van der Waals surface area contributed by atoms with Gasteiger partial charge in [-0.15, -0.1) is 0 Å². The van der Waals surface area contributed by atoms with Crippen LogP contribution in [0.3, 0.4) is 0 Å². The second kappa shape index (κ2) is 4.95. The number of rotatable bonds is 4. The fourth-order valence-corrected chi connectivity index (χ4v) is 2.95. The minimum absolute atomic E-state index is 0.778. The van der Waals surface area contributed by atoms with E-state index in [0.29, 0.717) is 0 Å². The van der Waals surface area contributed by atoms with Crippen molar-refractivity contribution in [1.29, 1.82) is 0 Å². The van der Waals surface area contributed by atoms with Gasteiger partial charge in [0, 0.05) is 30.5 Å². The van der Waals surface area contributed by atoms with Crippen LogP contribution in [0.1, 0.15) is 24.0 Å². The first-order chi connectivity index (χ1) is 9.90. The Labute approximate surface area is 120 Å². The molecule has 0 atom stereocenters. The van der Waals surface area contributed by atoms with E-state index in [0.717, 1.165) is 25.6 Å². The molecular weight excluding hydrogens is 244 g/mol. The summed E-state index contributed by atoms with van der Waals surface area (Å²) < 4.78 is 0. The molecule has 1 heterocycles. The average molecular weight is 264 g/mol. The number of para-hydroxylation sites is 1. The molecule has 1 fully saturated rings. The molecule has 20 heavy (non-hydrogen) atoms. The van der Waals surface area contributed by atoms with Crippen molar-refractivity contribution in [2.75, 3.05) is 11.4 Å². The minimum atomic E-state index is 0.778. The Hall–Kier alpha value is -1.80. The molecule has 1 aliphatic carbocycles. The van der Waals surface area contributed by atoms with E-state index in [1.54, 1.807) is 0 Å². The van der Waals surface area contributed by atoms with Gasteiger partial charge in [0.15, 0.2) is 0 Å². The Morgan fingerprint density at radius 3 is 2.60 bits per heavy atom. The number of hydrogen-bond donors (Lipinski definition) is 1. The Bertz CT molecular complexity index is 599. The molecule has 0 spiro atoms. The summed E-state index contributed by atoms with van der Waals surface area (Å²) in [4.78, 5) is 2.42. The molecule has 2 aliphatic rings. The molecule has 0 amide bonds. The summed E-state index contributed by atoms with van der Waals surface area (Å²) in [7, 11) is 0. The van der Waals surface area contributed by atoms with Crippen LogP contribution in [0.25, 0.3) is 0 Å². The van der Waals surface area contributed by atoms with Gasteiger partial charge in [0.1, 0.15) is 0 Å². The zero-order valence-electron chi connectivity index (χ0n) is 11.7. The topological polar surface area (TPSA) is 15.3 Å². The smallest absolute Gasteiger partial charge is 0.0444 e. The fourth-order valence-electron chi connectivity index (χ4n) is 2.95. The molecule has 4 rings (SSSR count). The Kier molecular flexibility index (Phi) is 2.96. The van der Waals surface area contributed by atoms with Crippen LogP contribution in [0.4, 0.5) is 11.4 Å². The van der Waals surface area contributed by atoms with Gasteiger partial charge in [0.05, 0.1) is 0 Å². The van der Waals surface area contributed by atoms with Crippen LogP contribution in [0.2, 0.25) is 0 Å². The molecule has 1 saturated carbocycles. The molecule has 0 unspecified atom stereocenters. The number of nitrogens with one attached hydrogen (secondary N) is 1. The van der Waals surface area contributed by atoms with E-state index >= 15 is 0 Å². The highest BCUT2D eigenvalue weighted by Crippen LogP contribution is 2.34. The number of anilines is 2. The first kappa shape index (κ1) is 12.0. The summed E-state index contributed by atoms with van der Waals surface area (Å²) in [5, 5.41) is 3.56. The lowest BCUT2D eigenvalue weighted by Crippen LogP contribution is -2.16. The van der Waals surface area contributed by atoms with E-state index in [1.807, 2.05) is 0 Å². The van der Waals surface area contributed by atoms with Gasteiger partial charge in [0.25, 0.3) is 0 Å². The van der Waals surface area contributed by atoms with E-state index in [9.17, 15) is 0 Å². The van der Waals surface area contributed by atoms with Gasteiger partial charge in [-0.2, -0.15) is 0 Å². The average Bonchev–Trinajstić information content (AvgIpc) is 3.23. The zero-order chi connectivity index (χ0) is 13.4. The maximum Gasteiger partial charge on any atom is 0.0444 e. The van der Waals surface area contributed by atoms with Crippen molar-refractivity contribution >= 4 is 11.4 Å². The van der Waals surface area contributed by atoms with Crippen molar-refractivity contribution in [3.63, 3.8) is 0 Å². The summed E-state index contributed by atoms with van der Waals surface area (Å²) in [6.45, 7) is 2.10. The van der Waals surface area contributed by atoms with E-state index in [1.165, 1.54) is 35.3 Å². The lowest BCUT2D eigenvalue weighted by Gasteiger charge is -2.20. The van der Waals surface area contributed by atoms with Crippen molar-refractivity contribution in [2.45, 2.75) is 31.8 Å². The molecule has 102 valence electrons. The van der Waals surface area contributed by atoms with Gasteiger partial charge < -0.3 is 10.2 Å². The Morgan fingerprint density at radius 2 is 1.80 bits per heavy atom.